The van der Waals surface area contributed by atoms with Crippen LogP contribution in [0.2, 0.25) is 0 Å². The van der Waals surface area contributed by atoms with Crippen LogP contribution in [0.5, 0.6) is 5.75 Å². The zero-order chi connectivity index (χ0) is 19.9. The van der Waals surface area contributed by atoms with Crippen LogP contribution >= 0.6 is 0 Å². The summed E-state index contributed by atoms with van der Waals surface area (Å²) in [6.45, 7) is 6.30. The first-order chi connectivity index (χ1) is 13.6. The Morgan fingerprint density at radius 3 is 2.57 bits per heavy atom. The molecule has 1 aliphatic rings. The minimum atomic E-state index is -0.285. The minimum Gasteiger partial charge on any atom is -0.486 e. The Morgan fingerprint density at radius 1 is 1.21 bits per heavy atom. The molecule has 9 heteroatoms. The zero-order valence-corrected chi connectivity index (χ0v) is 15.9. The van der Waals surface area contributed by atoms with E-state index in [2.05, 4.69) is 21.0 Å². The molecule has 0 aromatic carbocycles. The lowest BCUT2D eigenvalue weighted by Crippen LogP contribution is -2.49. The zero-order valence-electron chi connectivity index (χ0n) is 15.9. The second kappa shape index (κ2) is 8.99. The number of carbonyl (C=O) groups excluding carboxylic acids is 1. The molecule has 9 nitrogen and oxygen atoms in total. The standard InChI is InChI=1S/C19H22N6O3/c1-14(2)28-19(26)25-7-5-24(6-8-25)18-22-11-17(12-23-18)27-13-15-3-4-21-10-16(15)9-20/h3-4,10-12,14H,5-8,13H2,1-2H3. The van der Waals surface area contributed by atoms with Crippen LogP contribution in [0, 0.1) is 11.3 Å². The number of hydrogen-bond acceptors (Lipinski definition) is 8. The van der Waals surface area contributed by atoms with Crippen LogP contribution < -0.4 is 9.64 Å². The quantitative estimate of drug-likeness (QED) is 0.773. The van der Waals surface area contributed by atoms with E-state index >= 15 is 0 Å². The Balaban J connectivity index is 1.52. The summed E-state index contributed by atoms with van der Waals surface area (Å²) >= 11 is 0. The topological polar surface area (TPSA) is 104 Å². The third kappa shape index (κ3) is 4.85. The number of nitrogens with zero attached hydrogens (tertiary/aromatic N) is 6. The number of pyridine rings is 1. The molecule has 2 aromatic heterocycles. The van der Waals surface area contributed by atoms with Crippen molar-refractivity contribution in [2.24, 2.45) is 0 Å². The molecular formula is C19H22N6O3. The van der Waals surface area contributed by atoms with Crippen molar-refractivity contribution in [2.75, 3.05) is 31.1 Å². The fraction of sp³-hybridized carbons (Fsp3) is 0.421. The molecular weight excluding hydrogens is 360 g/mol. The van der Waals surface area contributed by atoms with E-state index in [0.717, 1.165) is 5.56 Å². The van der Waals surface area contributed by atoms with Gasteiger partial charge in [-0.2, -0.15) is 5.26 Å². The molecule has 0 atom stereocenters. The number of piperazine rings is 1. The summed E-state index contributed by atoms with van der Waals surface area (Å²) in [6, 6.07) is 3.84. The van der Waals surface area contributed by atoms with Crippen LogP contribution in [0.15, 0.2) is 30.9 Å². The van der Waals surface area contributed by atoms with E-state index in [1.807, 2.05) is 18.7 Å². The number of anilines is 1. The first kappa shape index (κ1) is 19.4. The molecule has 0 unspecified atom stereocenters. The number of amides is 1. The normalized spacial score (nSPS) is 13.9. The van der Waals surface area contributed by atoms with Gasteiger partial charge in [0.15, 0.2) is 5.75 Å². The molecule has 1 amide bonds. The van der Waals surface area contributed by atoms with Crippen LogP contribution in [0.25, 0.3) is 0 Å². The molecule has 0 radical (unpaired) electrons. The molecule has 1 saturated heterocycles. The van der Waals surface area contributed by atoms with Crippen molar-refractivity contribution in [1.82, 2.24) is 19.9 Å². The Hall–Kier alpha value is -3.41. The number of rotatable bonds is 5. The third-order valence-electron chi connectivity index (χ3n) is 4.20. The van der Waals surface area contributed by atoms with Gasteiger partial charge in [-0.05, 0) is 19.9 Å². The summed E-state index contributed by atoms with van der Waals surface area (Å²) in [5.41, 5.74) is 1.24. The average molecular weight is 382 g/mol. The van der Waals surface area contributed by atoms with Gasteiger partial charge in [0.2, 0.25) is 5.95 Å². The molecule has 0 aliphatic carbocycles. The van der Waals surface area contributed by atoms with Crippen molar-refractivity contribution in [3.63, 3.8) is 0 Å². The minimum absolute atomic E-state index is 0.127. The Bertz CT molecular complexity index is 841. The van der Waals surface area contributed by atoms with Crippen molar-refractivity contribution in [1.29, 1.82) is 5.26 Å². The smallest absolute Gasteiger partial charge is 0.410 e. The fourth-order valence-corrected chi connectivity index (χ4v) is 2.72. The average Bonchev–Trinajstić information content (AvgIpc) is 2.72. The summed E-state index contributed by atoms with van der Waals surface area (Å²) in [6.07, 6.45) is 5.93. The molecule has 0 bridgehead atoms. The molecule has 3 heterocycles. The monoisotopic (exact) mass is 382 g/mol. The van der Waals surface area contributed by atoms with E-state index in [1.54, 1.807) is 29.6 Å². The van der Waals surface area contributed by atoms with Gasteiger partial charge in [-0.25, -0.2) is 14.8 Å². The SMILES string of the molecule is CC(C)OC(=O)N1CCN(c2ncc(OCc3ccncc3C#N)cn2)CC1. The van der Waals surface area contributed by atoms with Crippen LogP contribution in [-0.4, -0.2) is 58.2 Å². The largest absolute Gasteiger partial charge is 0.486 e. The van der Waals surface area contributed by atoms with Gasteiger partial charge >= 0.3 is 6.09 Å². The first-order valence-electron chi connectivity index (χ1n) is 9.05. The Labute approximate surface area is 163 Å². The summed E-state index contributed by atoms with van der Waals surface area (Å²) in [4.78, 5) is 28.3. The van der Waals surface area contributed by atoms with Crippen LogP contribution in [0.3, 0.4) is 0 Å². The molecule has 0 spiro atoms. The third-order valence-corrected chi connectivity index (χ3v) is 4.20. The second-order valence-corrected chi connectivity index (χ2v) is 6.56. The highest BCUT2D eigenvalue weighted by Crippen LogP contribution is 2.16. The molecule has 1 fully saturated rings. The lowest BCUT2D eigenvalue weighted by Gasteiger charge is -2.34. The van der Waals surface area contributed by atoms with E-state index in [9.17, 15) is 4.79 Å². The van der Waals surface area contributed by atoms with Crippen LogP contribution in [0.4, 0.5) is 10.7 Å². The summed E-state index contributed by atoms with van der Waals surface area (Å²) in [7, 11) is 0. The van der Waals surface area contributed by atoms with Gasteiger partial charge in [-0.3, -0.25) is 4.98 Å². The lowest BCUT2D eigenvalue weighted by atomic mass is 10.2. The van der Waals surface area contributed by atoms with Crippen molar-refractivity contribution < 1.29 is 14.3 Å². The van der Waals surface area contributed by atoms with Crippen molar-refractivity contribution in [3.8, 4) is 11.8 Å². The van der Waals surface area contributed by atoms with E-state index in [4.69, 9.17) is 14.7 Å². The molecule has 0 saturated carbocycles. The van der Waals surface area contributed by atoms with Crippen LogP contribution in [-0.2, 0) is 11.3 Å². The molecule has 28 heavy (non-hydrogen) atoms. The van der Waals surface area contributed by atoms with Crippen molar-refractivity contribution in [3.05, 3.63) is 42.0 Å². The van der Waals surface area contributed by atoms with E-state index in [0.29, 0.717) is 43.4 Å². The first-order valence-corrected chi connectivity index (χ1v) is 9.05. The highest BCUT2D eigenvalue weighted by atomic mass is 16.6. The summed E-state index contributed by atoms with van der Waals surface area (Å²) in [5, 5.41) is 9.08. The number of nitriles is 1. The maximum atomic E-state index is 11.9. The summed E-state index contributed by atoms with van der Waals surface area (Å²) in [5.74, 6) is 1.11. The van der Waals surface area contributed by atoms with Gasteiger partial charge in [0.05, 0.1) is 24.1 Å². The van der Waals surface area contributed by atoms with Gasteiger partial charge in [0.1, 0.15) is 12.7 Å². The molecule has 0 N–H and O–H groups in total. The second-order valence-electron chi connectivity index (χ2n) is 6.56. The van der Waals surface area contributed by atoms with Crippen molar-refractivity contribution in [2.45, 2.75) is 26.6 Å². The van der Waals surface area contributed by atoms with Gasteiger partial charge < -0.3 is 19.3 Å². The van der Waals surface area contributed by atoms with Gasteiger partial charge in [0, 0.05) is 44.1 Å². The maximum Gasteiger partial charge on any atom is 0.410 e. The number of aromatic nitrogens is 3. The van der Waals surface area contributed by atoms with E-state index in [-0.39, 0.29) is 18.8 Å². The Kier molecular flexibility index (Phi) is 6.22. The molecule has 146 valence electrons. The molecule has 3 rings (SSSR count). The van der Waals surface area contributed by atoms with E-state index in [1.165, 1.54) is 6.20 Å². The maximum absolute atomic E-state index is 11.9. The lowest BCUT2D eigenvalue weighted by molar-refractivity contribution is 0.0750. The predicted molar refractivity (Wildman–Crippen MR) is 101 cm³/mol. The van der Waals surface area contributed by atoms with Crippen LogP contribution in [0.1, 0.15) is 25.0 Å². The number of carbonyl (C=O) groups is 1. The molecule has 2 aromatic rings. The van der Waals surface area contributed by atoms with Gasteiger partial charge in [0.25, 0.3) is 0 Å². The summed E-state index contributed by atoms with van der Waals surface area (Å²) < 4.78 is 10.9. The number of ether oxygens (including phenoxy) is 2. The molecule has 1 aliphatic heterocycles. The van der Waals surface area contributed by atoms with Crippen molar-refractivity contribution >= 4 is 12.0 Å². The Morgan fingerprint density at radius 2 is 1.93 bits per heavy atom. The number of hydrogen-bond donors (Lipinski definition) is 0. The highest BCUT2D eigenvalue weighted by molar-refractivity contribution is 5.68. The fourth-order valence-electron chi connectivity index (χ4n) is 2.72. The van der Waals surface area contributed by atoms with Gasteiger partial charge in [-0.1, -0.05) is 0 Å². The van der Waals surface area contributed by atoms with E-state index < -0.39 is 0 Å². The van der Waals surface area contributed by atoms with Gasteiger partial charge in [-0.15, -0.1) is 0 Å². The highest BCUT2D eigenvalue weighted by Gasteiger charge is 2.24. The predicted octanol–water partition coefficient (Wildman–Crippen LogP) is 1.99.